The maximum Gasteiger partial charge on any atom is 0.258 e. The second-order valence-corrected chi connectivity index (χ2v) is 7.67. The molecule has 0 aliphatic rings. The molecule has 0 amide bonds. The minimum Gasteiger partial charge on any atom is -0.310 e. The highest BCUT2D eigenvalue weighted by molar-refractivity contribution is 7.91. The number of nitrogens with zero attached hydrogens (tertiary/aromatic N) is 1. The lowest BCUT2D eigenvalue weighted by Gasteiger charge is -2.06. The van der Waals surface area contributed by atoms with Gasteiger partial charge in [0.15, 0.2) is 9.84 Å². The van der Waals surface area contributed by atoms with Gasteiger partial charge < -0.3 is 4.98 Å². The minimum atomic E-state index is -3.49. The summed E-state index contributed by atoms with van der Waals surface area (Å²) in [7, 11) is -3.49. The van der Waals surface area contributed by atoms with Gasteiger partial charge in [0, 0.05) is 12.5 Å². The van der Waals surface area contributed by atoms with Crippen molar-refractivity contribution in [1.29, 1.82) is 0 Å². The molecule has 3 aromatic rings. The molecule has 5 nitrogen and oxygen atoms in total. The number of nitrogens with one attached hydrogen (secondary N) is 1. The molecule has 0 spiro atoms. The van der Waals surface area contributed by atoms with Gasteiger partial charge in [-0.1, -0.05) is 17.7 Å². The van der Waals surface area contributed by atoms with E-state index in [0.717, 1.165) is 11.6 Å². The molecule has 3 rings (SSSR count). The number of aromatic amines is 1. The van der Waals surface area contributed by atoms with Crippen LogP contribution < -0.4 is 5.56 Å². The van der Waals surface area contributed by atoms with E-state index in [9.17, 15) is 17.6 Å². The number of hydrogen-bond donors (Lipinski definition) is 1. The number of sulfone groups is 1. The summed E-state index contributed by atoms with van der Waals surface area (Å²) in [4.78, 5) is 18.9. The number of H-pyrrole nitrogens is 1. The van der Waals surface area contributed by atoms with Gasteiger partial charge in [0.25, 0.3) is 5.56 Å². The molecule has 1 heterocycles. The molecule has 124 valence electrons. The fourth-order valence-electron chi connectivity index (χ4n) is 2.37. The van der Waals surface area contributed by atoms with Gasteiger partial charge in [-0.05, 0) is 31.2 Å². The van der Waals surface area contributed by atoms with E-state index >= 15 is 0 Å². The summed E-state index contributed by atoms with van der Waals surface area (Å²) in [5.74, 6) is -0.479. The third kappa shape index (κ3) is 3.35. The fraction of sp³-hybridized carbons (Fsp3) is 0.176. The summed E-state index contributed by atoms with van der Waals surface area (Å²) in [6.07, 6.45) is 0.0396. The van der Waals surface area contributed by atoms with Crippen molar-refractivity contribution in [2.45, 2.75) is 18.2 Å². The van der Waals surface area contributed by atoms with Crippen LogP contribution in [-0.2, 0) is 16.3 Å². The van der Waals surface area contributed by atoms with Crippen LogP contribution in [0.2, 0.25) is 0 Å². The Kier molecular flexibility index (Phi) is 4.19. The van der Waals surface area contributed by atoms with E-state index in [2.05, 4.69) is 9.97 Å². The van der Waals surface area contributed by atoms with Crippen LogP contribution in [0.1, 0.15) is 11.4 Å². The number of hydrogen-bond acceptors (Lipinski definition) is 4. The Bertz CT molecular complexity index is 1060. The van der Waals surface area contributed by atoms with E-state index in [1.54, 1.807) is 24.3 Å². The molecule has 0 radical (unpaired) electrons. The van der Waals surface area contributed by atoms with Crippen molar-refractivity contribution in [2.24, 2.45) is 0 Å². The van der Waals surface area contributed by atoms with Crippen molar-refractivity contribution in [3.05, 3.63) is 70.0 Å². The van der Waals surface area contributed by atoms with Crippen LogP contribution in [0.3, 0.4) is 0 Å². The van der Waals surface area contributed by atoms with Crippen LogP contribution in [0.25, 0.3) is 10.9 Å². The molecular formula is C17H15FN2O3S. The lowest BCUT2D eigenvalue weighted by Crippen LogP contribution is -2.16. The van der Waals surface area contributed by atoms with E-state index in [1.165, 1.54) is 12.1 Å². The molecule has 0 saturated heterocycles. The maximum absolute atomic E-state index is 13.3. The Morgan fingerprint density at radius 3 is 2.54 bits per heavy atom. The second kappa shape index (κ2) is 6.16. The maximum atomic E-state index is 13.3. The van der Waals surface area contributed by atoms with E-state index in [-0.39, 0.29) is 33.8 Å². The topological polar surface area (TPSA) is 79.9 Å². The van der Waals surface area contributed by atoms with Crippen molar-refractivity contribution < 1.29 is 12.8 Å². The monoisotopic (exact) mass is 346 g/mol. The van der Waals surface area contributed by atoms with Crippen molar-refractivity contribution in [2.75, 3.05) is 5.75 Å². The van der Waals surface area contributed by atoms with Crippen molar-refractivity contribution in [3.63, 3.8) is 0 Å². The highest BCUT2D eigenvalue weighted by Gasteiger charge is 2.15. The van der Waals surface area contributed by atoms with Gasteiger partial charge in [-0.15, -0.1) is 0 Å². The molecule has 2 aromatic carbocycles. The molecule has 1 N–H and O–H groups in total. The number of aryl methyl sites for hydroxylation is 2. The molecule has 0 atom stereocenters. The van der Waals surface area contributed by atoms with E-state index < -0.39 is 21.2 Å². The number of halogens is 1. The summed E-state index contributed by atoms with van der Waals surface area (Å²) < 4.78 is 38.0. The van der Waals surface area contributed by atoms with Crippen LogP contribution in [0.5, 0.6) is 0 Å². The Morgan fingerprint density at radius 1 is 1.12 bits per heavy atom. The van der Waals surface area contributed by atoms with Crippen LogP contribution in [0, 0.1) is 12.7 Å². The third-order valence-electron chi connectivity index (χ3n) is 3.71. The van der Waals surface area contributed by atoms with Crippen LogP contribution in [-0.4, -0.2) is 24.1 Å². The number of rotatable bonds is 4. The molecule has 0 bridgehead atoms. The predicted molar refractivity (Wildman–Crippen MR) is 89.3 cm³/mol. The minimum absolute atomic E-state index is 0.0396. The van der Waals surface area contributed by atoms with Crippen molar-refractivity contribution in [3.8, 4) is 0 Å². The van der Waals surface area contributed by atoms with Gasteiger partial charge in [-0.3, -0.25) is 4.79 Å². The lowest BCUT2D eigenvalue weighted by molar-refractivity contribution is 0.594. The molecular weight excluding hydrogens is 331 g/mol. The highest BCUT2D eigenvalue weighted by Crippen LogP contribution is 2.14. The van der Waals surface area contributed by atoms with Gasteiger partial charge in [0.2, 0.25) is 0 Å². The first-order valence-electron chi connectivity index (χ1n) is 7.33. The molecule has 7 heteroatoms. The van der Waals surface area contributed by atoms with E-state index in [1.807, 2.05) is 6.92 Å². The number of fused-ring (bicyclic) bond motifs is 1. The van der Waals surface area contributed by atoms with Crippen LogP contribution in [0.15, 0.2) is 52.2 Å². The molecule has 0 unspecified atom stereocenters. The Labute approximate surface area is 138 Å². The second-order valence-electron chi connectivity index (χ2n) is 5.56. The summed E-state index contributed by atoms with van der Waals surface area (Å²) in [5, 5.41) is 0.265. The molecule has 0 fully saturated rings. The van der Waals surface area contributed by atoms with E-state index in [4.69, 9.17) is 0 Å². The highest BCUT2D eigenvalue weighted by atomic mass is 32.2. The normalized spacial score (nSPS) is 11.8. The fourth-order valence-corrected chi connectivity index (χ4v) is 3.62. The summed E-state index contributed by atoms with van der Waals surface area (Å²) in [6, 6.07) is 10.2. The SMILES string of the molecule is Cc1ccc(S(=O)(=O)CCc2nc3cc(F)ccc3c(=O)[nH]2)cc1. The molecule has 0 saturated carbocycles. The summed E-state index contributed by atoms with van der Waals surface area (Å²) in [5.41, 5.74) is 0.765. The standard InChI is InChI=1S/C17H15FN2O3S/c1-11-2-5-13(6-3-11)24(22,23)9-8-16-19-15-10-12(18)4-7-14(15)17(21)20-16/h2-7,10H,8-9H2,1H3,(H,19,20,21). The van der Waals surface area contributed by atoms with Crippen molar-refractivity contribution >= 4 is 20.7 Å². The average Bonchev–Trinajstić information content (AvgIpc) is 2.53. The van der Waals surface area contributed by atoms with Gasteiger partial charge in [0.1, 0.15) is 11.6 Å². The lowest BCUT2D eigenvalue weighted by atomic mass is 10.2. The smallest absolute Gasteiger partial charge is 0.258 e. The quantitative estimate of drug-likeness (QED) is 0.787. The Balaban J connectivity index is 1.87. The summed E-state index contributed by atoms with van der Waals surface area (Å²) >= 11 is 0. The number of aromatic nitrogens is 2. The first-order valence-corrected chi connectivity index (χ1v) is 8.98. The largest absolute Gasteiger partial charge is 0.310 e. The van der Waals surface area contributed by atoms with Crippen LogP contribution >= 0.6 is 0 Å². The van der Waals surface area contributed by atoms with Gasteiger partial charge in [-0.2, -0.15) is 0 Å². The Morgan fingerprint density at radius 2 is 1.83 bits per heavy atom. The molecule has 24 heavy (non-hydrogen) atoms. The zero-order valence-electron chi connectivity index (χ0n) is 12.9. The zero-order chi connectivity index (χ0) is 17.3. The molecule has 0 aliphatic carbocycles. The van der Waals surface area contributed by atoms with E-state index in [0.29, 0.717) is 0 Å². The number of benzene rings is 2. The molecule has 0 aliphatic heterocycles. The third-order valence-corrected chi connectivity index (χ3v) is 5.44. The predicted octanol–water partition coefficient (Wildman–Crippen LogP) is 2.39. The first-order chi connectivity index (χ1) is 11.3. The van der Waals surface area contributed by atoms with Gasteiger partial charge in [0.05, 0.1) is 21.6 Å². The van der Waals surface area contributed by atoms with Gasteiger partial charge in [-0.25, -0.2) is 17.8 Å². The average molecular weight is 346 g/mol. The van der Waals surface area contributed by atoms with Crippen molar-refractivity contribution in [1.82, 2.24) is 9.97 Å². The summed E-state index contributed by atoms with van der Waals surface area (Å²) in [6.45, 7) is 1.87. The Hall–Kier alpha value is -2.54. The van der Waals surface area contributed by atoms with Gasteiger partial charge >= 0.3 is 0 Å². The first kappa shape index (κ1) is 16.3. The molecule has 1 aromatic heterocycles. The zero-order valence-corrected chi connectivity index (χ0v) is 13.7. The van der Waals surface area contributed by atoms with Crippen LogP contribution in [0.4, 0.5) is 4.39 Å².